The van der Waals surface area contributed by atoms with Crippen molar-refractivity contribution in [3.63, 3.8) is 0 Å². The van der Waals surface area contributed by atoms with Crippen molar-refractivity contribution < 1.29 is 4.39 Å². The van der Waals surface area contributed by atoms with Gasteiger partial charge >= 0.3 is 0 Å². The fraction of sp³-hybridized carbons (Fsp3) is 0.217. The average molecular weight is 389 g/mol. The van der Waals surface area contributed by atoms with Gasteiger partial charge in [-0.3, -0.25) is 0 Å². The van der Waals surface area contributed by atoms with Crippen molar-refractivity contribution in [1.82, 2.24) is 13.6 Å². The smallest absolute Gasteiger partial charge is 0.127 e. The molecule has 3 aromatic carbocycles. The summed E-state index contributed by atoms with van der Waals surface area (Å²) in [5.74, 6) is -0.0333. The quantitative estimate of drug-likeness (QED) is 0.455. The molecule has 1 aliphatic heterocycles. The Hall–Kier alpha value is -2.63. The van der Waals surface area contributed by atoms with Crippen LogP contribution in [0.1, 0.15) is 29.0 Å². The highest BCUT2D eigenvalue weighted by atomic mass is 32.1. The van der Waals surface area contributed by atoms with Crippen molar-refractivity contribution in [2.45, 2.75) is 18.9 Å². The molecule has 28 heavy (non-hydrogen) atoms. The zero-order valence-electron chi connectivity index (χ0n) is 15.6. The highest BCUT2D eigenvalue weighted by Gasteiger charge is 2.24. The van der Waals surface area contributed by atoms with Crippen LogP contribution < -0.4 is 0 Å². The van der Waals surface area contributed by atoms with Gasteiger partial charge in [-0.15, -0.1) is 0 Å². The van der Waals surface area contributed by atoms with E-state index in [-0.39, 0.29) is 11.7 Å². The summed E-state index contributed by atoms with van der Waals surface area (Å²) in [6, 6.07) is 20.0. The molecule has 0 saturated heterocycles. The highest BCUT2D eigenvalue weighted by Crippen LogP contribution is 2.37. The van der Waals surface area contributed by atoms with Gasteiger partial charge in [0.05, 0.1) is 11.7 Å². The third-order valence-electron chi connectivity index (χ3n) is 5.63. The summed E-state index contributed by atoms with van der Waals surface area (Å²) >= 11 is 1.24. The lowest BCUT2D eigenvalue weighted by Crippen LogP contribution is -2.17. The standard InChI is InChI=1S/C23H20FN3S/c1-27-11-10-19(20-4-2-3-5-21(20)24)18-8-6-15(12-17(18)14-27)16-7-9-22-23(13-16)26-28-25-22/h2-9,12-13,19H,10-11,14H2,1H3. The van der Waals surface area contributed by atoms with Crippen LogP contribution in [0.25, 0.3) is 22.2 Å². The Balaban J connectivity index is 1.61. The first-order chi connectivity index (χ1) is 13.7. The number of benzene rings is 3. The summed E-state index contributed by atoms with van der Waals surface area (Å²) in [7, 11) is 2.13. The van der Waals surface area contributed by atoms with Gasteiger partial charge in [0.1, 0.15) is 16.9 Å². The van der Waals surface area contributed by atoms with Crippen LogP contribution in [0.5, 0.6) is 0 Å². The lowest BCUT2D eigenvalue weighted by atomic mass is 9.85. The number of halogens is 1. The monoisotopic (exact) mass is 389 g/mol. The zero-order chi connectivity index (χ0) is 19.1. The fourth-order valence-electron chi connectivity index (χ4n) is 4.18. The molecule has 0 spiro atoms. The summed E-state index contributed by atoms with van der Waals surface area (Å²) in [5, 5.41) is 0. The van der Waals surface area contributed by atoms with Crippen molar-refractivity contribution in [2.24, 2.45) is 0 Å². The van der Waals surface area contributed by atoms with Crippen LogP contribution in [-0.4, -0.2) is 27.2 Å². The Kier molecular flexibility index (Phi) is 4.41. The minimum Gasteiger partial charge on any atom is -0.302 e. The predicted octanol–water partition coefficient (Wildman–Crippen LogP) is 5.46. The summed E-state index contributed by atoms with van der Waals surface area (Å²) in [6.07, 6.45) is 0.917. The molecule has 5 rings (SSSR count). The number of rotatable bonds is 2. The maximum absolute atomic E-state index is 14.5. The van der Waals surface area contributed by atoms with Gasteiger partial charge in [0, 0.05) is 12.5 Å². The lowest BCUT2D eigenvalue weighted by molar-refractivity contribution is 0.328. The molecule has 0 N–H and O–H groups in total. The summed E-state index contributed by atoms with van der Waals surface area (Å²) < 4.78 is 23.2. The van der Waals surface area contributed by atoms with E-state index < -0.39 is 0 Å². The SMILES string of the molecule is CN1CCC(c2ccccc2F)c2ccc(-c3ccc4nsnc4c3)cc2C1. The second kappa shape index (κ2) is 7.08. The van der Waals surface area contributed by atoms with Crippen LogP contribution in [0.3, 0.4) is 0 Å². The Bertz CT molecular complexity index is 1150. The van der Waals surface area contributed by atoms with Crippen LogP contribution in [0.15, 0.2) is 60.7 Å². The Morgan fingerprint density at radius 2 is 1.71 bits per heavy atom. The third-order valence-corrected chi connectivity index (χ3v) is 6.18. The van der Waals surface area contributed by atoms with Crippen molar-refractivity contribution in [1.29, 1.82) is 0 Å². The van der Waals surface area contributed by atoms with Crippen LogP contribution in [-0.2, 0) is 6.54 Å². The molecule has 0 amide bonds. The van der Waals surface area contributed by atoms with Crippen molar-refractivity contribution in [2.75, 3.05) is 13.6 Å². The van der Waals surface area contributed by atoms with Gasteiger partial charge in [-0.2, -0.15) is 8.75 Å². The van der Waals surface area contributed by atoms with E-state index in [4.69, 9.17) is 0 Å². The molecule has 5 heteroatoms. The Morgan fingerprint density at radius 1 is 0.929 bits per heavy atom. The van der Waals surface area contributed by atoms with Gasteiger partial charge < -0.3 is 4.90 Å². The van der Waals surface area contributed by atoms with Crippen LogP contribution >= 0.6 is 11.7 Å². The molecule has 1 aliphatic rings. The Labute approximate surface area is 167 Å². The van der Waals surface area contributed by atoms with E-state index >= 15 is 0 Å². The molecule has 1 aromatic heterocycles. The van der Waals surface area contributed by atoms with Crippen molar-refractivity contribution in [3.8, 4) is 11.1 Å². The molecule has 3 nitrogen and oxygen atoms in total. The van der Waals surface area contributed by atoms with Gasteiger partial charge in [0.25, 0.3) is 0 Å². The molecule has 140 valence electrons. The van der Waals surface area contributed by atoms with E-state index in [1.165, 1.54) is 22.9 Å². The molecule has 0 radical (unpaired) electrons. The van der Waals surface area contributed by atoms with Gasteiger partial charge in [0.2, 0.25) is 0 Å². The largest absolute Gasteiger partial charge is 0.302 e. The minimum atomic E-state index is -0.117. The van der Waals surface area contributed by atoms with Crippen LogP contribution in [0, 0.1) is 5.82 Å². The summed E-state index contributed by atoms with van der Waals surface area (Å²) in [4.78, 5) is 2.32. The van der Waals surface area contributed by atoms with Gasteiger partial charge in [0.15, 0.2) is 0 Å². The second-order valence-corrected chi connectivity index (χ2v) is 8.01. The molecule has 4 aromatic rings. The van der Waals surface area contributed by atoms with Gasteiger partial charge in [-0.05, 0) is 72.1 Å². The molecule has 0 bridgehead atoms. The predicted molar refractivity (Wildman–Crippen MR) is 112 cm³/mol. The maximum Gasteiger partial charge on any atom is 0.127 e. The third kappa shape index (κ3) is 3.11. The first-order valence-electron chi connectivity index (χ1n) is 9.47. The second-order valence-electron chi connectivity index (χ2n) is 7.48. The molecule has 0 fully saturated rings. The van der Waals surface area contributed by atoms with E-state index in [1.807, 2.05) is 18.2 Å². The number of hydrogen-bond donors (Lipinski definition) is 0. The number of aromatic nitrogens is 2. The van der Waals surface area contributed by atoms with E-state index in [0.717, 1.165) is 47.2 Å². The van der Waals surface area contributed by atoms with E-state index in [0.29, 0.717) is 0 Å². The van der Waals surface area contributed by atoms with Gasteiger partial charge in [-0.25, -0.2) is 4.39 Å². The molecular weight excluding hydrogens is 369 g/mol. The minimum absolute atomic E-state index is 0.0837. The molecule has 0 saturated carbocycles. The van der Waals surface area contributed by atoms with Crippen molar-refractivity contribution >= 4 is 22.8 Å². The first kappa shape index (κ1) is 17.5. The zero-order valence-corrected chi connectivity index (χ0v) is 16.4. The summed E-state index contributed by atoms with van der Waals surface area (Å²) in [5.41, 5.74) is 7.45. The fourth-order valence-corrected chi connectivity index (χ4v) is 4.70. The Morgan fingerprint density at radius 3 is 2.61 bits per heavy atom. The molecular formula is C23H20FN3S. The average Bonchev–Trinajstić information content (AvgIpc) is 3.11. The normalized spacial score (nSPS) is 17.4. The highest BCUT2D eigenvalue weighted by molar-refractivity contribution is 7.00. The maximum atomic E-state index is 14.5. The summed E-state index contributed by atoms with van der Waals surface area (Å²) in [6.45, 7) is 1.81. The van der Waals surface area contributed by atoms with E-state index in [1.54, 1.807) is 12.1 Å². The lowest BCUT2D eigenvalue weighted by Gasteiger charge is -2.19. The first-order valence-corrected chi connectivity index (χ1v) is 10.2. The molecule has 1 atom stereocenters. The van der Waals surface area contributed by atoms with Crippen LogP contribution in [0.4, 0.5) is 4.39 Å². The van der Waals surface area contributed by atoms with Crippen LogP contribution in [0.2, 0.25) is 0 Å². The van der Waals surface area contributed by atoms with E-state index in [9.17, 15) is 4.39 Å². The molecule has 1 unspecified atom stereocenters. The number of fused-ring (bicyclic) bond motifs is 2. The van der Waals surface area contributed by atoms with Gasteiger partial charge in [-0.1, -0.05) is 36.4 Å². The number of hydrogen-bond acceptors (Lipinski definition) is 4. The topological polar surface area (TPSA) is 29.0 Å². The molecule has 2 heterocycles. The molecule has 0 aliphatic carbocycles. The number of nitrogens with zero attached hydrogens (tertiary/aromatic N) is 3. The van der Waals surface area contributed by atoms with Crippen molar-refractivity contribution in [3.05, 3.63) is 83.2 Å². The van der Waals surface area contributed by atoms with E-state index in [2.05, 4.69) is 51.0 Å².